The Hall–Kier alpha value is -4.11. The number of unbranched alkanes of at least 4 members (excludes halogenated alkanes) is 16. The van der Waals surface area contributed by atoms with E-state index in [1.54, 1.807) is 0 Å². The molecule has 0 aliphatic rings. The van der Waals surface area contributed by atoms with Gasteiger partial charge in [-0.2, -0.15) is 0 Å². The fourth-order valence-corrected chi connectivity index (χ4v) is 8.47. The molecule has 0 heterocycles. The second-order valence-electron chi connectivity index (χ2n) is 20.9. The van der Waals surface area contributed by atoms with Crippen LogP contribution in [0, 0.1) is 0 Å². The Morgan fingerprint density at radius 2 is 0.718 bits per heavy atom. The third-order valence-electron chi connectivity index (χ3n) is 12.4. The summed E-state index contributed by atoms with van der Waals surface area (Å²) < 4.78 is 34.1. The van der Waals surface area contributed by atoms with E-state index in [4.69, 9.17) is 18.5 Å². The van der Waals surface area contributed by atoms with Crippen LogP contribution >= 0.6 is 7.82 Å². The molecule has 0 aromatic carbocycles. The van der Waals surface area contributed by atoms with Gasteiger partial charge in [-0.25, -0.2) is 0 Å². The van der Waals surface area contributed by atoms with Crippen molar-refractivity contribution in [2.45, 2.75) is 225 Å². The van der Waals surface area contributed by atoms with Gasteiger partial charge in [-0.05, 0) is 103 Å². The smallest absolute Gasteiger partial charge is 0.306 e. The van der Waals surface area contributed by atoms with Crippen LogP contribution in [-0.2, 0) is 32.7 Å². The first-order chi connectivity index (χ1) is 38.0. The highest BCUT2D eigenvalue weighted by molar-refractivity contribution is 7.45. The van der Waals surface area contributed by atoms with Gasteiger partial charge in [-0.15, -0.1) is 0 Å². The number of hydrogen-bond donors (Lipinski definition) is 0. The van der Waals surface area contributed by atoms with E-state index in [1.165, 1.54) is 83.5 Å². The lowest BCUT2D eigenvalue weighted by Crippen LogP contribution is -2.37. The van der Waals surface area contributed by atoms with Crippen LogP contribution in [0.2, 0.25) is 0 Å². The highest BCUT2D eigenvalue weighted by Crippen LogP contribution is 2.38. The van der Waals surface area contributed by atoms with Crippen molar-refractivity contribution in [2.24, 2.45) is 0 Å². The molecule has 10 heteroatoms. The molecule has 0 aliphatic heterocycles. The summed E-state index contributed by atoms with van der Waals surface area (Å²) in [5.41, 5.74) is 0. The molecule has 0 radical (unpaired) electrons. The van der Waals surface area contributed by atoms with Gasteiger partial charge in [0.05, 0.1) is 27.7 Å². The van der Waals surface area contributed by atoms with Crippen LogP contribution in [-0.4, -0.2) is 70.0 Å². The van der Waals surface area contributed by atoms with Gasteiger partial charge in [0.2, 0.25) is 0 Å². The van der Waals surface area contributed by atoms with Crippen LogP contribution in [0.5, 0.6) is 0 Å². The maximum Gasteiger partial charge on any atom is 0.306 e. The lowest BCUT2D eigenvalue weighted by molar-refractivity contribution is -0.870. The number of carbonyl (C=O) groups excluding carboxylic acids is 2. The van der Waals surface area contributed by atoms with Gasteiger partial charge in [-0.3, -0.25) is 14.2 Å². The van der Waals surface area contributed by atoms with Crippen LogP contribution in [0.15, 0.2) is 146 Å². The molecule has 0 N–H and O–H groups in total. The molecule has 0 aliphatic carbocycles. The molecular formula is C68H112NO8P. The second-order valence-corrected chi connectivity index (χ2v) is 22.4. The highest BCUT2D eigenvalue weighted by atomic mass is 31.2. The Kier molecular flexibility index (Phi) is 54.5. The second kappa shape index (κ2) is 57.6. The fraction of sp³-hybridized carbons (Fsp3) is 0.618. The minimum atomic E-state index is -4.66. The predicted octanol–water partition coefficient (Wildman–Crippen LogP) is 18.8. The number of nitrogens with zero attached hydrogens (tertiary/aromatic N) is 1. The summed E-state index contributed by atoms with van der Waals surface area (Å²) in [7, 11) is 1.11. The van der Waals surface area contributed by atoms with E-state index in [2.05, 4.69) is 148 Å². The third-order valence-corrected chi connectivity index (χ3v) is 13.3. The van der Waals surface area contributed by atoms with Gasteiger partial charge in [0.15, 0.2) is 6.10 Å². The third kappa shape index (κ3) is 61.1. The molecule has 78 heavy (non-hydrogen) atoms. The molecule has 0 aromatic heterocycles. The van der Waals surface area contributed by atoms with Crippen molar-refractivity contribution >= 4 is 19.8 Å². The summed E-state index contributed by atoms with van der Waals surface area (Å²) in [6.07, 6.45) is 85.0. The SMILES string of the molecule is CC/C=C\C/C=C\C/C=C\C/C=C\C/C=C\C/C=C\CCCCCCCCCCCCCCCCCCC(=O)OC(COC(=O)CC/C=C\C/C=C\C/C=C\C/C=C\C/C=C\C/C=C\CC)COP(=O)([O-])OCC[N+](C)(C)C. The average Bonchev–Trinajstić information content (AvgIpc) is 3.41. The van der Waals surface area contributed by atoms with Crippen molar-refractivity contribution in [3.05, 3.63) is 146 Å². The van der Waals surface area contributed by atoms with Gasteiger partial charge < -0.3 is 27.9 Å². The van der Waals surface area contributed by atoms with Crippen LogP contribution < -0.4 is 4.89 Å². The Morgan fingerprint density at radius 3 is 1.08 bits per heavy atom. The molecule has 9 nitrogen and oxygen atoms in total. The zero-order chi connectivity index (χ0) is 57.0. The molecule has 0 bridgehead atoms. The molecule has 0 aromatic rings. The minimum absolute atomic E-state index is 0.0488. The van der Waals surface area contributed by atoms with E-state index in [9.17, 15) is 19.0 Å². The first kappa shape index (κ1) is 73.9. The number of ether oxygens (including phenoxy) is 2. The molecule has 442 valence electrons. The highest BCUT2D eigenvalue weighted by Gasteiger charge is 2.21. The Labute approximate surface area is 478 Å². The van der Waals surface area contributed by atoms with Gasteiger partial charge in [0, 0.05) is 12.8 Å². The van der Waals surface area contributed by atoms with E-state index in [1.807, 2.05) is 33.3 Å². The number of quaternary nitrogens is 1. The molecule has 0 saturated carbocycles. The topological polar surface area (TPSA) is 111 Å². The number of likely N-dealkylation sites (N-methyl/N-ethyl adjacent to an activating group) is 1. The van der Waals surface area contributed by atoms with Crippen molar-refractivity contribution in [3.63, 3.8) is 0 Å². The Balaban J connectivity index is 4.16. The lowest BCUT2D eigenvalue weighted by atomic mass is 10.0. The predicted molar refractivity (Wildman–Crippen MR) is 332 cm³/mol. The molecule has 2 unspecified atom stereocenters. The number of rotatable bonds is 54. The lowest BCUT2D eigenvalue weighted by Gasteiger charge is -2.28. The van der Waals surface area contributed by atoms with Crippen LogP contribution in [0.3, 0.4) is 0 Å². The molecule has 0 fully saturated rings. The van der Waals surface area contributed by atoms with Gasteiger partial charge in [0.1, 0.15) is 19.8 Å². The number of phosphoric ester groups is 1. The van der Waals surface area contributed by atoms with Crippen LogP contribution in [0.25, 0.3) is 0 Å². The molecule has 0 saturated heterocycles. The average molecular weight is 1100 g/mol. The van der Waals surface area contributed by atoms with Crippen LogP contribution in [0.1, 0.15) is 219 Å². The molecule has 0 spiro atoms. The van der Waals surface area contributed by atoms with E-state index in [0.29, 0.717) is 23.9 Å². The number of hydrogen-bond acceptors (Lipinski definition) is 8. The number of esters is 2. The van der Waals surface area contributed by atoms with E-state index < -0.39 is 32.5 Å². The summed E-state index contributed by atoms with van der Waals surface area (Å²) in [5, 5.41) is 0. The zero-order valence-electron chi connectivity index (χ0n) is 50.1. The van der Waals surface area contributed by atoms with Crippen molar-refractivity contribution in [1.29, 1.82) is 0 Å². The Morgan fingerprint density at radius 1 is 0.397 bits per heavy atom. The standard InChI is InChI=1S/C68H112NO8P/c1-6-8-10-12-14-16-18-20-22-24-26-27-28-29-30-31-32-33-34-35-36-37-38-39-40-41-43-45-47-49-51-53-55-57-59-61-68(71)77-66(65-76-78(72,73)75-63-62-69(3,4)5)64-74-67(70)60-58-56-54-52-50-48-46-44-42-25-23-21-19-17-15-13-11-9-7-2/h8-11,14-17,20-23,26-27,29-30,32-33,42,44,48,50,54,56,66H,6-7,12-13,18-19,24-25,28,31,34-41,43,45-47,49,51-53,55,57-65H2,1-5H3/b10-8-,11-9-,16-14-,17-15-,22-20-,23-21-,27-26-,30-29-,33-32-,44-42-,50-48-,56-54-. The quantitative estimate of drug-likeness (QED) is 0.0195. The van der Waals surface area contributed by atoms with Gasteiger partial charge in [0.25, 0.3) is 7.82 Å². The van der Waals surface area contributed by atoms with Crippen molar-refractivity contribution in [3.8, 4) is 0 Å². The number of carbonyl (C=O) groups is 2. The van der Waals surface area contributed by atoms with E-state index in [-0.39, 0.29) is 26.1 Å². The summed E-state index contributed by atoms with van der Waals surface area (Å²) in [6, 6.07) is 0. The summed E-state index contributed by atoms with van der Waals surface area (Å²) in [5.74, 6) is -0.938. The number of allylic oxidation sites excluding steroid dienone is 24. The minimum Gasteiger partial charge on any atom is -0.756 e. The monoisotopic (exact) mass is 1100 g/mol. The van der Waals surface area contributed by atoms with Crippen LogP contribution in [0.4, 0.5) is 0 Å². The van der Waals surface area contributed by atoms with Gasteiger partial charge in [-0.1, -0.05) is 250 Å². The summed E-state index contributed by atoms with van der Waals surface area (Å²) in [4.78, 5) is 37.9. The van der Waals surface area contributed by atoms with E-state index >= 15 is 0 Å². The first-order valence-corrected chi connectivity index (χ1v) is 32.0. The van der Waals surface area contributed by atoms with E-state index in [0.717, 1.165) is 96.3 Å². The van der Waals surface area contributed by atoms with Crippen molar-refractivity contribution in [2.75, 3.05) is 47.5 Å². The molecular weight excluding hydrogens is 990 g/mol. The Bertz CT molecular complexity index is 1820. The maximum atomic E-state index is 12.8. The molecule has 0 rings (SSSR count). The summed E-state index contributed by atoms with van der Waals surface area (Å²) in [6.45, 7) is 3.91. The number of phosphoric acid groups is 1. The molecule has 0 amide bonds. The first-order valence-electron chi connectivity index (χ1n) is 30.5. The van der Waals surface area contributed by atoms with Gasteiger partial charge >= 0.3 is 11.9 Å². The normalized spacial score (nSPS) is 14.3. The molecule has 2 atom stereocenters. The van der Waals surface area contributed by atoms with Crippen molar-refractivity contribution in [1.82, 2.24) is 0 Å². The van der Waals surface area contributed by atoms with Crippen molar-refractivity contribution < 1.29 is 42.1 Å². The zero-order valence-corrected chi connectivity index (χ0v) is 50.9. The summed E-state index contributed by atoms with van der Waals surface area (Å²) >= 11 is 0. The largest absolute Gasteiger partial charge is 0.756 e. The maximum absolute atomic E-state index is 12.8. The fourth-order valence-electron chi connectivity index (χ4n) is 7.74.